The van der Waals surface area contributed by atoms with Crippen LogP contribution in [-0.2, 0) is 16.0 Å². The van der Waals surface area contributed by atoms with Crippen LogP contribution in [0.3, 0.4) is 0 Å². The minimum absolute atomic E-state index is 0.143. The molecule has 76 valence electrons. The molecule has 0 aliphatic carbocycles. The molecule has 0 radical (unpaired) electrons. The lowest BCUT2D eigenvalue weighted by molar-refractivity contribution is -0.127. The molecule has 1 fully saturated rings. The molecule has 1 aromatic heterocycles. The fourth-order valence-corrected chi connectivity index (χ4v) is 3.06. The van der Waals surface area contributed by atoms with E-state index in [9.17, 15) is 4.79 Å². The molecule has 14 heavy (non-hydrogen) atoms. The number of hydrogen-bond acceptors (Lipinski definition) is 3. The topological polar surface area (TPSA) is 26.3 Å². The maximum Gasteiger partial charge on any atom is 0.166 e. The number of halogens is 1. The Labute approximate surface area is 95.4 Å². The summed E-state index contributed by atoms with van der Waals surface area (Å²) in [6.07, 6.45) is 2.28. The molecule has 1 aliphatic heterocycles. The van der Waals surface area contributed by atoms with Crippen LogP contribution >= 0.6 is 27.3 Å². The van der Waals surface area contributed by atoms with Gasteiger partial charge in [0.25, 0.3) is 0 Å². The molecular formula is C10H11BrO2S. The van der Waals surface area contributed by atoms with Gasteiger partial charge in [0.15, 0.2) is 5.78 Å². The minimum atomic E-state index is -0.143. The van der Waals surface area contributed by atoms with Crippen molar-refractivity contribution in [1.29, 1.82) is 0 Å². The van der Waals surface area contributed by atoms with Crippen molar-refractivity contribution in [3.05, 3.63) is 20.8 Å². The lowest BCUT2D eigenvalue weighted by Gasteiger charge is -2.06. The Morgan fingerprint density at radius 1 is 1.64 bits per heavy atom. The van der Waals surface area contributed by atoms with Gasteiger partial charge in [-0.3, -0.25) is 4.79 Å². The van der Waals surface area contributed by atoms with Crippen LogP contribution in [0.4, 0.5) is 0 Å². The monoisotopic (exact) mass is 274 g/mol. The Balaban J connectivity index is 1.93. The lowest BCUT2D eigenvalue weighted by Crippen LogP contribution is -2.20. The summed E-state index contributed by atoms with van der Waals surface area (Å²) in [5, 5.41) is 0. The van der Waals surface area contributed by atoms with Crippen molar-refractivity contribution in [3.8, 4) is 0 Å². The van der Waals surface area contributed by atoms with Gasteiger partial charge in [0.2, 0.25) is 0 Å². The van der Waals surface area contributed by atoms with Crippen molar-refractivity contribution in [2.24, 2.45) is 0 Å². The third kappa shape index (κ3) is 2.43. The van der Waals surface area contributed by atoms with Gasteiger partial charge in [0.1, 0.15) is 6.10 Å². The van der Waals surface area contributed by atoms with Crippen LogP contribution in [-0.4, -0.2) is 18.5 Å². The average Bonchev–Trinajstić information content (AvgIpc) is 2.75. The molecule has 1 aliphatic rings. The molecular weight excluding hydrogens is 264 g/mol. The molecule has 0 aromatic carbocycles. The lowest BCUT2D eigenvalue weighted by atomic mass is 10.1. The summed E-state index contributed by atoms with van der Waals surface area (Å²) in [5.74, 6) is 0.219. The summed E-state index contributed by atoms with van der Waals surface area (Å²) in [6.45, 7) is 0.741. The second-order valence-electron chi connectivity index (χ2n) is 3.35. The number of rotatable bonds is 3. The number of thiophene rings is 1. The first-order valence-corrected chi connectivity index (χ1v) is 6.25. The normalized spacial score (nSPS) is 21.4. The van der Waals surface area contributed by atoms with Crippen LogP contribution in [0.1, 0.15) is 17.7 Å². The number of carbonyl (C=O) groups is 1. The molecule has 1 saturated heterocycles. The van der Waals surface area contributed by atoms with Crippen molar-refractivity contribution in [3.63, 3.8) is 0 Å². The first kappa shape index (κ1) is 10.3. The zero-order valence-corrected chi connectivity index (χ0v) is 10.1. The number of carbonyl (C=O) groups excluding carboxylic acids is 1. The second kappa shape index (κ2) is 4.55. The Hall–Kier alpha value is -0.190. The molecule has 4 heteroatoms. The number of Topliss-reactive ketones (excluding diaryl/α,β-unsaturated/α-hetero) is 1. The van der Waals surface area contributed by atoms with E-state index in [-0.39, 0.29) is 11.9 Å². The summed E-state index contributed by atoms with van der Waals surface area (Å²) in [5.41, 5.74) is 0. The van der Waals surface area contributed by atoms with Gasteiger partial charge in [0, 0.05) is 17.9 Å². The molecule has 0 bridgehead atoms. The molecule has 0 amide bonds. The highest BCUT2D eigenvalue weighted by molar-refractivity contribution is 9.11. The van der Waals surface area contributed by atoms with E-state index in [1.807, 2.05) is 12.1 Å². The predicted octanol–water partition coefficient (Wildman–Crippen LogP) is 2.80. The summed E-state index contributed by atoms with van der Waals surface area (Å²) < 4.78 is 6.41. The van der Waals surface area contributed by atoms with E-state index in [0.717, 1.165) is 28.1 Å². The third-order valence-corrected chi connectivity index (χ3v) is 3.89. The molecule has 1 aromatic rings. The van der Waals surface area contributed by atoms with Gasteiger partial charge in [-0.05, 0) is 40.9 Å². The quantitative estimate of drug-likeness (QED) is 0.848. The highest BCUT2D eigenvalue weighted by Gasteiger charge is 2.23. The number of ketones is 1. The third-order valence-electron chi connectivity index (χ3n) is 2.27. The van der Waals surface area contributed by atoms with Gasteiger partial charge in [0.05, 0.1) is 3.79 Å². The van der Waals surface area contributed by atoms with Gasteiger partial charge in [-0.1, -0.05) is 0 Å². The number of hydrogen-bond donors (Lipinski definition) is 0. The average molecular weight is 275 g/mol. The van der Waals surface area contributed by atoms with Crippen LogP contribution in [0.2, 0.25) is 0 Å². The van der Waals surface area contributed by atoms with E-state index < -0.39 is 0 Å². The Bertz CT molecular complexity index is 329. The van der Waals surface area contributed by atoms with Gasteiger partial charge in [-0.2, -0.15) is 0 Å². The van der Waals surface area contributed by atoms with E-state index in [4.69, 9.17) is 4.74 Å². The van der Waals surface area contributed by atoms with E-state index in [0.29, 0.717) is 6.42 Å². The molecule has 1 unspecified atom stereocenters. The molecule has 1 atom stereocenters. The van der Waals surface area contributed by atoms with E-state index in [2.05, 4.69) is 15.9 Å². The summed E-state index contributed by atoms with van der Waals surface area (Å²) >= 11 is 5.00. The molecule has 2 nitrogen and oxygen atoms in total. The maximum atomic E-state index is 11.7. The van der Waals surface area contributed by atoms with E-state index >= 15 is 0 Å². The molecule has 0 N–H and O–H groups in total. The van der Waals surface area contributed by atoms with Crippen molar-refractivity contribution in [1.82, 2.24) is 0 Å². The zero-order valence-electron chi connectivity index (χ0n) is 7.66. The van der Waals surface area contributed by atoms with Gasteiger partial charge in [-0.25, -0.2) is 0 Å². The van der Waals surface area contributed by atoms with Gasteiger partial charge < -0.3 is 4.74 Å². The van der Waals surface area contributed by atoms with Gasteiger partial charge in [-0.15, -0.1) is 11.3 Å². The second-order valence-corrected chi connectivity index (χ2v) is 5.90. The molecule has 0 saturated carbocycles. The zero-order chi connectivity index (χ0) is 9.97. The van der Waals surface area contributed by atoms with E-state index in [1.165, 1.54) is 0 Å². The summed E-state index contributed by atoms with van der Waals surface area (Å²) in [4.78, 5) is 12.8. The predicted molar refractivity (Wildman–Crippen MR) is 59.7 cm³/mol. The van der Waals surface area contributed by atoms with Crippen molar-refractivity contribution in [2.75, 3.05) is 6.61 Å². The van der Waals surface area contributed by atoms with Crippen molar-refractivity contribution < 1.29 is 9.53 Å². The highest BCUT2D eigenvalue weighted by atomic mass is 79.9. The molecule has 2 rings (SSSR count). The van der Waals surface area contributed by atoms with Crippen LogP contribution in [0.15, 0.2) is 15.9 Å². The molecule has 2 heterocycles. The van der Waals surface area contributed by atoms with E-state index in [1.54, 1.807) is 11.3 Å². The standard InChI is InChI=1S/C10H11BrO2S/c11-10-4-3-7(14-10)6-8(12)9-2-1-5-13-9/h3-4,9H,1-2,5-6H2. The Morgan fingerprint density at radius 3 is 3.07 bits per heavy atom. The van der Waals surface area contributed by atoms with Gasteiger partial charge >= 0.3 is 0 Å². The highest BCUT2D eigenvalue weighted by Crippen LogP contribution is 2.24. The van der Waals surface area contributed by atoms with Crippen LogP contribution in [0.25, 0.3) is 0 Å². The molecule has 0 spiro atoms. The van der Waals surface area contributed by atoms with Crippen molar-refractivity contribution >= 4 is 33.0 Å². The Kier molecular flexibility index (Phi) is 3.36. The van der Waals surface area contributed by atoms with Crippen LogP contribution in [0, 0.1) is 0 Å². The van der Waals surface area contributed by atoms with Crippen LogP contribution in [0.5, 0.6) is 0 Å². The first-order valence-electron chi connectivity index (χ1n) is 4.64. The number of ether oxygens (including phenoxy) is 1. The summed E-state index contributed by atoms with van der Waals surface area (Å²) in [6, 6.07) is 3.96. The maximum absolute atomic E-state index is 11.7. The smallest absolute Gasteiger partial charge is 0.166 e. The largest absolute Gasteiger partial charge is 0.370 e. The fourth-order valence-electron chi connectivity index (χ4n) is 1.56. The van der Waals surface area contributed by atoms with Crippen LogP contribution < -0.4 is 0 Å². The SMILES string of the molecule is O=C(Cc1ccc(Br)s1)C1CCCO1. The minimum Gasteiger partial charge on any atom is -0.370 e. The fraction of sp³-hybridized carbons (Fsp3) is 0.500. The first-order chi connectivity index (χ1) is 6.75. The van der Waals surface area contributed by atoms with Crippen molar-refractivity contribution in [2.45, 2.75) is 25.4 Å². The summed E-state index contributed by atoms with van der Waals surface area (Å²) in [7, 11) is 0. The Morgan fingerprint density at radius 2 is 2.50 bits per heavy atom.